The molecule has 1 aliphatic heterocycles. The van der Waals surface area contributed by atoms with Gasteiger partial charge in [-0.25, -0.2) is 8.42 Å². The number of rotatable bonds is 6. The second-order valence-electron chi connectivity index (χ2n) is 5.51. The summed E-state index contributed by atoms with van der Waals surface area (Å²) in [7, 11) is -1.44. The first kappa shape index (κ1) is 17.2. The van der Waals surface area contributed by atoms with Crippen LogP contribution in [0.25, 0.3) is 0 Å². The predicted octanol–water partition coefficient (Wildman–Crippen LogP) is 1.04. The Balaban J connectivity index is 1.87. The van der Waals surface area contributed by atoms with Gasteiger partial charge in [0.25, 0.3) is 5.69 Å². The van der Waals surface area contributed by atoms with Crippen LogP contribution in [-0.4, -0.2) is 55.3 Å². The second-order valence-corrected chi connectivity index (χ2v) is 7.74. The minimum atomic E-state index is -3.04. The predicted molar refractivity (Wildman–Crippen MR) is 86.0 cm³/mol. The molecule has 2 rings (SSSR count). The number of para-hydroxylation sites is 2. The number of carbonyl (C=O) groups excluding carboxylic acids is 1. The van der Waals surface area contributed by atoms with Gasteiger partial charge in [0.15, 0.2) is 9.84 Å². The molecule has 1 aromatic carbocycles. The first-order valence-corrected chi connectivity index (χ1v) is 9.05. The highest BCUT2D eigenvalue weighted by Crippen LogP contribution is 2.23. The third kappa shape index (κ3) is 4.41. The molecule has 1 N–H and O–H groups in total. The topological polar surface area (TPSA) is 110 Å². The van der Waals surface area contributed by atoms with Crippen LogP contribution in [0.2, 0.25) is 0 Å². The molecule has 1 aliphatic rings. The van der Waals surface area contributed by atoms with Crippen molar-refractivity contribution in [1.29, 1.82) is 0 Å². The number of hydrogen-bond acceptors (Lipinski definition) is 6. The summed E-state index contributed by atoms with van der Waals surface area (Å²) in [6.45, 7) is 0.244. The minimum Gasteiger partial charge on any atom is -0.379 e. The molecule has 0 radical (unpaired) electrons. The smallest absolute Gasteiger partial charge is 0.292 e. The van der Waals surface area contributed by atoms with Gasteiger partial charge in [-0.15, -0.1) is 0 Å². The largest absolute Gasteiger partial charge is 0.379 e. The van der Waals surface area contributed by atoms with E-state index in [4.69, 9.17) is 0 Å². The number of nitro groups is 1. The summed E-state index contributed by atoms with van der Waals surface area (Å²) < 4.78 is 22.9. The van der Waals surface area contributed by atoms with E-state index >= 15 is 0 Å². The van der Waals surface area contributed by atoms with Crippen molar-refractivity contribution >= 4 is 27.1 Å². The van der Waals surface area contributed by atoms with Gasteiger partial charge in [0.1, 0.15) is 5.69 Å². The second kappa shape index (κ2) is 6.95. The Labute approximate surface area is 134 Å². The Morgan fingerprint density at radius 1 is 1.43 bits per heavy atom. The summed E-state index contributed by atoms with van der Waals surface area (Å²) in [6, 6.07) is 5.93. The maximum Gasteiger partial charge on any atom is 0.292 e. The number of amides is 1. The molecule has 1 fully saturated rings. The van der Waals surface area contributed by atoms with E-state index in [2.05, 4.69) is 5.32 Å². The molecule has 0 unspecified atom stereocenters. The zero-order valence-electron chi connectivity index (χ0n) is 12.8. The molecule has 1 heterocycles. The Morgan fingerprint density at radius 3 is 2.74 bits per heavy atom. The Bertz CT molecular complexity index is 704. The molecule has 0 aromatic heterocycles. The molecule has 9 heteroatoms. The minimum absolute atomic E-state index is 0.00677. The van der Waals surface area contributed by atoms with Crippen molar-refractivity contribution in [2.24, 2.45) is 0 Å². The van der Waals surface area contributed by atoms with Crippen LogP contribution in [0.4, 0.5) is 11.4 Å². The molecule has 23 heavy (non-hydrogen) atoms. The molecular weight excluding hydrogens is 322 g/mol. The highest BCUT2D eigenvalue weighted by Gasteiger charge is 2.32. The van der Waals surface area contributed by atoms with E-state index < -0.39 is 14.8 Å². The average molecular weight is 341 g/mol. The summed E-state index contributed by atoms with van der Waals surface area (Å²) in [5.41, 5.74) is 0.312. The van der Waals surface area contributed by atoms with Crippen LogP contribution in [0, 0.1) is 10.1 Å². The van der Waals surface area contributed by atoms with E-state index in [1.54, 1.807) is 25.2 Å². The first-order chi connectivity index (χ1) is 10.8. The van der Waals surface area contributed by atoms with Crippen LogP contribution in [0.3, 0.4) is 0 Å². The van der Waals surface area contributed by atoms with Crippen molar-refractivity contribution in [3.63, 3.8) is 0 Å². The number of carbonyl (C=O) groups is 1. The number of benzene rings is 1. The molecule has 1 saturated heterocycles. The Hall–Kier alpha value is -2.16. The van der Waals surface area contributed by atoms with E-state index in [0.29, 0.717) is 12.1 Å². The fourth-order valence-corrected chi connectivity index (χ4v) is 4.32. The number of nitro benzene ring substituents is 1. The quantitative estimate of drug-likeness (QED) is 0.611. The van der Waals surface area contributed by atoms with Gasteiger partial charge in [-0.1, -0.05) is 12.1 Å². The molecule has 0 spiro atoms. The lowest BCUT2D eigenvalue weighted by Crippen LogP contribution is -2.38. The summed E-state index contributed by atoms with van der Waals surface area (Å²) >= 11 is 0. The number of anilines is 1. The molecule has 0 aliphatic carbocycles. The number of hydrogen-bond donors (Lipinski definition) is 1. The molecule has 0 saturated carbocycles. The van der Waals surface area contributed by atoms with Crippen molar-refractivity contribution in [3.05, 3.63) is 34.4 Å². The van der Waals surface area contributed by atoms with Crippen LogP contribution >= 0.6 is 0 Å². The zero-order chi connectivity index (χ0) is 17.0. The van der Waals surface area contributed by atoms with Crippen molar-refractivity contribution < 1.29 is 18.1 Å². The molecular formula is C14H19N3O5S. The molecule has 1 aromatic rings. The summed E-state index contributed by atoms with van der Waals surface area (Å²) in [5.74, 6) is -0.0606. The van der Waals surface area contributed by atoms with E-state index in [1.165, 1.54) is 11.0 Å². The van der Waals surface area contributed by atoms with Gasteiger partial charge in [0.2, 0.25) is 5.91 Å². The molecule has 0 bridgehead atoms. The lowest BCUT2D eigenvalue weighted by Gasteiger charge is -2.23. The van der Waals surface area contributed by atoms with Crippen molar-refractivity contribution in [2.45, 2.75) is 18.9 Å². The maximum atomic E-state index is 12.1. The molecule has 1 amide bonds. The normalized spacial score (nSPS) is 19.3. The van der Waals surface area contributed by atoms with Gasteiger partial charge in [0, 0.05) is 32.1 Å². The molecule has 1 atom stereocenters. The van der Waals surface area contributed by atoms with Gasteiger partial charge >= 0.3 is 0 Å². The average Bonchev–Trinajstić information content (AvgIpc) is 2.86. The summed E-state index contributed by atoms with van der Waals surface area (Å²) in [6.07, 6.45) is 0.598. The van der Waals surface area contributed by atoms with E-state index in [-0.39, 0.29) is 42.1 Å². The highest BCUT2D eigenvalue weighted by atomic mass is 32.2. The SMILES string of the molecule is CN(C(=O)CCNc1ccccc1[N+](=O)[O-])[C@H]1CCS(=O)(=O)C1. The number of nitrogens with zero attached hydrogens (tertiary/aromatic N) is 2. The van der Waals surface area contributed by atoms with Gasteiger partial charge in [0.05, 0.1) is 16.4 Å². The zero-order valence-corrected chi connectivity index (χ0v) is 13.6. The van der Waals surface area contributed by atoms with E-state index in [0.717, 1.165) is 0 Å². The monoisotopic (exact) mass is 341 g/mol. The maximum absolute atomic E-state index is 12.1. The van der Waals surface area contributed by atoms with Crippen molar-refractivity contribution in [2.75, 3.05) is 30.4 Å². The van der Waals surface area contributed by atoms with Gasteiger partial charge in [-0.05, 0) is 12.5 Å². The molecule has 8 nitrogen and oxygen atoms in total. The fourth-order valence-electron chi connectivity index (χ4n) is 2.55. The van der Waals surface area contributed by atoms with Crippen LogP contribution in [0.15, 0.2) is 24.3 Å². The first-order valence-electron chi connectivity index (χ1n) is 7.23. The Kier molecular flexibility index (Phi) is 5.19. The van der Waals surface area contributed by atoms with E-state index in [1.807, 2.05) is 0 Å². The van der Waals surface area contributed by atoms with Crippen molar-refractivity contribution in [3.8, 4) is 0 Å². The summed E-state index contributed by atoms with van der Waals surface area (Å²) in [5, 5.41) is 13.8. The van der Waals surface area contributed by atoms with Crippen LogP contribution < -0.4 is 5.32 Å². The number of sulfone groups is 1. The lowest BCUT2D eigenvalue weighted by atomic mass is 10.2. The van der Waals surface area contributed by atoms with Gasteiger partial charge in [-0.3, -0.25) is 14.9 Å². The van der Waals surface area contributed by atoms with E-state index in [9.17, 15) is 23.3 Å². The van der Waals surface area contributed by atoms with Crippen LogP contribution in [0.1, 0.15) is 12.8 Å². The van der Waals surface area contributed by atoms with Gasteiger partial charge < -0.3 is 10.2 Å². The molecule has 126 valence electrons. The van der Waals surface area contributed by atoms with Crippen LogP contribution in [0.5, 0.6) is 0 Å². The highest BCUT2D eigenvalue weighted by molar-refractivity contribution is 7.91. The lowest BCUT2D eigenvalue weighted by molar-refractivity contribution is -0.384. The third-order valence-electron chi connectivity index (χ3n) is 3.90. The third-order valence-corrected chi connectivity index (χ3v) is 5.65. The standard InChI is InChI=1S/C14H19N3O5S/c1-16(11-7-9-23(21,22)10-11)14(18)6-8-15-12-4-2-3-5-13(12)17(19)20/h2-5,11,15H,6-10H2,1H3/t11-/m0/s1. The van der Waals surface area contributed by atoms with Crippen molar-refractivity contribution in [1.82, 2.24) is 4.90 Å². The summed E-state index contributed by atoms with van der Waals surface area (Å²) in [4.78, 5) is 24.0. The Morgan fingerprint density at radius 2 is 2.13 bits per heavy atom. The van der Waals surface area contributed by atoms with Gasteiger partial charge in [-0.2, -0.15) is 0 Å². The van der Waals surface area contributed by atoms with Crippen LogP contribution in [-0.2, 0) is 14.6 Å². The fraction of sp³-hybridized carbons (Fsp3) is 0.500. The number of nitrogens with one attached hydrogen (secondary N) is 1.